The molecule has 1 heterocycles. The number of nitrogens with zero attached hydrogens (tertiary/aromatic N) is 2. The van der Waals surface area contributed by atoms with Crippen molar-refractivity contribution >= 4 is 21.7 Å². The minimum Gasteiger partial charge on any atom is -0.367 e. The van der Waals surface area contributed by atoms with E-state index in [0.717, 1.165) is 21.5 Å². The molecule has 1 unspecified atom stereocenters. The third-order valence-electron chi connectivity index (χ3n) is 2.75. The summed E-state index contributed by atoms with van der Waals surface area (Å²) in [5.74, 6) is 0.744. The summed E-state index contributed by atoms with van der Waals surface area (Å²) in [5, 5.41) is 11.6. The summed E-state index contributed by atoms with van der Waals surface area (Å²) in [6.07, 6.45) is 0. The van der Waals surface area contributed by atoms with Crippen molar-refractivity contribution < 1.29 is 0 Å². The van der Waals surface area contributed by atoms with Crippen LogP contribution in [0.25, 0.3) is 11.3 Å². The Labute approximate surface area is 121 Å². The Morgan fingerprint density at radius 3 is 2.68 bits per heavy atom. The van der Waals surface area contributed by atoms with Crippen LogP contribution in [0.1, 0.15) is 12.5 Å². The molecule has 0 saturated heterocycles. The second-order valence-electron chi connectivity index (χ2n) is 4.62. The molecule has 0 spiro atoms. The smallest absolute Gasteiger partial charge is 0.148 e. The van der Waals surface area contributed by atoms with Gasteiger partial charge in [0.1, 0.15) is 5.82 Å². The molecule has 1 aromatic carbocycles. The van der Waals surface area contributed by atoms with Crippen molar-refractivity contribution in [2.45, 2.75) is 19.9 Å². The molecule has 2 rings (SSSR count). The zero-order valence-electron chi connectivity index (χ0n) is 11.0. The third kappa shape index (κ3) is 3.75. The van der Waals surface area contributed by atoms with Crippen LogP contribution in [0.15, 0.2) is 34.8 Å². The predicted octanol–water partition coefficient (Wildman–Crippen LogP) is 2.97. The van der Waals surface area contributed by atoms with E-state index >= 15 is 0 Å². The van der Waals surface area contributed by atoms with Crippen LogP contribution in [-0.2, 0) is 0 Å². The van der Waals surface area contributed by atoms with Gasteiger partial charge in [-0.2, -0.15) is 0 Å². The highest BCUT2D eigenvalue weighted by molar-refractivity contribution is 9.10. The Kier molecular flexibility index (Phi) is 4.50. The molecule has 1 atom stereocenters. The quantitative estimate of drug-likeness (QED) is 0.909. The maximum atomic E-state index is 5.68. The number of aryl methyl sites for hydroxylation is 1. The summed E-state index contributed by atoms with van der Waals surface area (Å²) in [6, 6.07) is 10.1. The Balaban J connectivity index is 2.20. The van der Waals surface area contributed by atoms with E-state index in [2.05, 4.69) is 50.5 Å². The Bertz CT molecular complexity index is 552. The van der Waals surface area contributed by atoms with Crippen molar-refractivity contribution in [1.82, 2.24) is 10.2 Å². The van der Waals surface area contributed by atoms with Crippen LogP contribution in [0.4, 0.5) is 5.82 Å². The fraction of sp³-hybridized carbons (Fsp3) is 0.286. The van der Waals surface area contributed by atoms with Gasteiger partial charge in [0.05, 0.1) is 5.69 Å². The van der Waals surface area contributed by atoms with Crippen LogP contribution < -0.4 is 11.1 Å². The maximum absolute atomic E-state index is 5.68. The molecule has 0 amide bonds. The van der Waals surface area contributed by atoms with E-state index in [1.165, 1.54) is 5.56 Å². The first kappa shape index (κ1) is 14.0. The number of nitrogens with two attached hydrogens (primary N) is 1. The number of benzene rings is 1. The highest BCUT2D eigenvalue weighted by Crippen LogP contribution is 2.25. The van der Waals surface area contributed by atoms with Crippen molar-refractivity contribution in [2.24, 2.45) is 5.73 Å². The van der Waals surface area contributed by atoms with Gasteiger partial charge in [0.25, 0.3) is 0 Å². The lowest BCUT2D eigenvalue weighted by atomic mass is 10.1. The van der Waals surface area contributed by atoms with Gasteiger partial charge in [-0.1, -0.05) is 22.0 Å². The number of hydrogen-bond acceptors (Lipinski definition) is 4. The highest BCUT2D eigenvalue weighted by Gasteiger charge is 2.05. The number of nitrogens with one attached hydrogen (secondary N) is 1. The van der Waals surface area contributed by atoms with Crippen LogP contribution in [-0.4, -0.2) is 22.8 Å². The van der Waals surface area contributed by atoms with Gasteiger partial charge in [0.2, 0.25) is 0 Å². The summed E-state index contributed by atoms with van der Waals surface area (Å²) in [7, 11) is 0. The van der Waals surface area contributed by atoms with Gasteiger partial charge in [0.15, 0.2) is 0 Å². The summed E-state index contributed by atoms with van der Waals surface area (Å²) in [6.45, 7) is 4.69. The topological polar surface area (TPSA) is 63.8 Å². The molecule has 0 fully saturated rings. The van der Waals surface area contributed by atoms with Gasteiger partial charge in [-0.25, -0.2) is 0 Å². The molecule has 0 aliphatic heterocycles. The Morgan fingerprint density at radius 2 is 2.05 bits per heavy atom. The highest BCUT2D eigenvalue weighted by atomic mass is 79.9. The van der Waals surface area contributed by atoms with E-state index in [1.807, 2.05) is 25.1 Å². The Morgan fingerprint density at radius 1 is 1.26 bits per heavy atom. The van der Waals surface area contributed by atoms with Crippen molar-refractivity contribution in [3.05, 3.63) is 40.4 Å². The maximum Gasteiger partial charge on any atom is 0.148 e. The third-order valence-corrected chi connectivity index (χ3v) is 3.24. The van der Waals surface area contributed by atoms with E-state index in [1.54, 1.807) is 0 Å². The molecule has 5 heteroatoms. The molecule has 19 heavy (non-hydrogen) atoms. The number of halogens is 1. The van der Waals surface area contributed by atoms with Crippen molar-refractivity contribution in [3.63, 3.8) is 0 Å². The van der Waals surface area contributed by atoms with Crippen LogP contribution in [0.5, 0.6) is 0 Å². The van der Waals surface area contributed by atoms with Crippen LogP contribution >= 0.6 is 15.9 Å². The van der Waals surface area contributed by atoms with Crippen LogP contribution in [0.2, 0.25) is 0 Å². The second-order valence-corrected chi connectivity index (χ2v) is 5.54. The van der Waals surface area contributed by atoms with E-state index in [0.29, 0.717) is 6.54 Å². The van der Waals surface area contributed by atoms with E-state index in [4.69, 9.17) is 5.73 Å². The van der Waals surface area contributed by atoms with Gasteiger partial charge >= 0.3 is 0 Å². The number of rotatable bonds is 4. The molecule has 0 aliphatic rings. The summed E-state index contributed by atoms with van der Waals surface area (Å²) < 4.78 is 1.04. The molecule has 4 nitrogen and oxygen atoms in total. The zero-order chi connectivity index (χ0) is 13.8. The van der Waals surface area contributed by atoms with Gasteiger partial charge in [0, 0.05) is 22.6 Å². The molecular weight excluding hydrogens is 304 g/mol. The first-order chi connectivity index (χ1) is 9.06. The van der Waals surface area contributed by atoms with Gasteiger partial charge in [-0.3, -0.25) is 0 Å². The molecular formula is C14H17BrN4. The normalized spacial score (nSPS) is 12.2. The molecule has 3 N–H and O–H groups in total. The van der Waals surface area contributed by atoms with E-state index in [9.17, 15) is 0 Å². The first-order valence-corrected chi connectivity index (χ1v) is 6.95. The fourth-order valence-electron chi connectivity index (χ4n) is 1.71. The monoisotopic (exact) mass is 320 g/mol. The molecule has 2 aromatic rings. The lowest BCUT2D eigenvalue weighted by Crippen LogP contribution is -2.25. The van der Waals surface area contributed by atoms with Crippen molar-refractivity contribution in [2.75, 3.05) is 11.9 Å². The van der Waals surface area contributed by atoms with Crippen molar-refractivity contribution in [3.8, 4) is 11.3 Å². The summed E-state index contributed by atoms with van der Waals surface area (Å²) in [5.41, 5.74) is 8.81. The Hall–Kier alpha value is -1.46. The fourth-order valence-corrected chi connectivity index (χ4v) is 2.07. The van der Waals surface area contributed by atoms with E-state index < -0.39 is 0 Å². The van der Waals surface area contributed by atoms with Crippen LogP contribution in [0.3, 0.4) is 0 Å². The first-order valence-electron chi connectivity index (χ1n) is 6.16. The average molecular weight is 321 g/mol. The standard InChI is InChI=1S/C14H17BrN4/c1-9-3-4-11(15)7-12(9)13-5-6-14(19-18-13)17-8-10(2)16/h3-7,10H,8,16H2,1-2H3,(H,17,19). The minimum atomic E-state index is 0.0915. The van der Waals surface area contributed by atoms with Gasteiger partial charge in [-0.05, 0) is 43.7 Å². The van der Waals surface area contributed by atoms with E-state index in [-0.39, 0.29) is 6.04 Å². The minimum absolute atomic E-state index is 0.0915. The van der Waals surface area contributed by atoms with Gasteiger partial charge < -0.3 is 11.1 Å². The molecule has 0 saturated carbocycles. The molecule has 1 aromatic heterocycles. The molecule has 0 bridgehead atoms. The number of aromatic nitrogens is 2. The van der Waals surface area contributed by atoms with Gasteiger partial charge in [-0.15, -0.1) is 10.2 Å². The summed E-state index contributed by atoms with van der Waals surface area (Å²) in [4.78, 5) is 0. The number of anilines is 1. The second kappa shape index (κ2) is 6.12. The average Bonchev–Trinajstić information content (AvgIpc) is 2.40. The number of hydrogen-bond donors (Lipinski definition) is 2. The summed E-state index contributed by atoms with van der Waals surface area (Å²) >= 11 is 3.47. The SMILES string of the molecule is Cc1ccc(Br)cc1-c1ccc(NCC(C)N)nn1. The molecule has 0 aliphatic carbocycles. The largest absolute Gasteiger partial charge is 0.367 e. The lowest BCUT2D eigenvalue weighted by Gasteiger charge is -2.09. The van der Waals surface area contributed by atoms with Crippen LogP contribution in [0, 0.1) is 6.92 Å². The molecule has 0 radical (unpaired) electrons. The lowest BCUT2D eigenvalue weighted by molar-refractivity contribution is 0.775. The predicted molar refractivity (Wildman–Crippen MR) is 82.0 cm³/mol. The van der Waals surface area contributed by atoms with Crippen molar-refractivity contribution in [1.29, 1.82) is 0 Å². The molecule has 100 valence electrons. The zero-order valence-corrected chi connectivity index (χ0v) is 12.6.